The Morgan fingerprint density at radius 2 is 1.97 bits per heavy atom. The molecule has 0 spiro atoms. The normalized spacial score (nSPS) is 35.6. The summed E-state index contributed by atoms with van der Waals surface area (Å²) in [4.78, 5) is 32.4. The summed E-state index contributed by atoms with van der Waals surface area (Å²) in [6.45, 7) is 3.76. The minimum absolute atomic E-state index is 0.187. The van der Waals surface area contributed by atoms with Crippen LogP contribution in [0.2, 0.25) is 0 Å². The molecule has 0 unspecified atom stereocenters. The van der Waals surface area contributed by atoms with Gasteiger partial charge in [-0.1, -0.05) is 35.5 Å². The molecule has 0 radical (unpaired) electrons. The topological polar surface area (TPSA) is 133 Å². The van der Waals surface area contributed by atoms with Crippen LogP contribution in [0.4, 0.5) is 0 Å². The number of hydrogen-bond donors (Lipinski definition) is 2. The summed E-state index contributed by atoms with van der Waals surface area (Å²) in [7, 11) is 0. The van der Waals surface area contributed by atoms with Gasteiger partial charge in [0.05, 0.1) is 30.2 Å². The van der Waals surface area contributed by atoms with Gasteiger partial charge in [-0.3, -0.25) is 0 Å². The van der Waals surface area contributed by atoms with Crippen LogP contribution in [0.5, 0.6) is 0 Å². The van der Waals surface area contributed by atoms with Crippen LogP contribution in [0.25, 0.3) is 5.69 Å². The first-order valence-electron chi connectivity index (χ1n) is 12.2. The van der Waals surface area contributed by atoms with Crippen molar-refractivity contribution >= 4 is 5.71 Å². The summed E-state index contributed by atoms with van der Waals surface area (Å²) < 4.78 is 15.4. The van der Waals surface area contributed by atoms with Crippen molar-refractivity contribution in [3.63, 3.8) is 0 Å². The molecule has 11 heteroatoms. The lowest BCUT2D eigenvalue weighted by Gasteiger charge is -2.38. The van der Waals surface area contributed by atoms with Crippen molar-refractivity contribution in [2.75, 3.05) is 6.61 Å². The number of aromatic nitrogens is 3. The van der Waals surface area contributed by atoms with Crippen LogP contribution in [-0.2, 0) is 20.9 Å². The number of ether oxygens (including phenoxy) is 2. The number of aliphatic hydroxyl groups is 2. The van der Waals surface area contributed by atoms with Crippen LogP contribution in [0.15, 0.2) is 69.9 Å². The van der Waals surface area contributed by atoms with Gasteiger partial charge in [-0.05, 0) is 31.1 Å². The minimum Gasteiger partial charge on any atom is -0.394 e. The van der Waals surface area contributed by atoms with E-state index in [0.29, 0.717) is 24.2 Å². The van der Waals surface area contributed by atoms with Crippen LogP contribution in [0.1, 0.15) is 18.9 Å². The average molecular weight is 497 g/mol. The Morgan fingerprint density at radius 1 is 1.17 bits per heavy atom. The van der Waals surface area contributed by atoms with E-state index in [0.717, 1.165) is 4.57 Å². The fourth-order valence-electron chi connectivity index (χ4n) is 5.61. The van der Waals surface area contributed by atoms with Crippen molar-refractivity contribution in [3.05, 3.63) is 76.1 Å². The fraction of sp³-hybridized carbons (Fsp3) is 0.480. The first kappa shape index (κ1) is 23.2. The van der Waals surface area contributed by atoms with E-state index in [-0.39, 0.29) is 25.2 Å². The lowest BCUT2D eigenvalue weighted by atomic mass is 9.78. The maximum Gasteiger partial charge on any atom is 0.352 e. The van der Waals surface area contributed by atoms with E-state index < -0.39 is 47.9 Å². The Morgan fingerprint density at radius 3 is 2.72 bits per heavy atom. The molecular formula is C25H28N4O7. The molecule has 36 heavy (non-hydrogen) atoms. The molecule has 11 nitrogen and oxygen atoms in total. The number of fused-ring (bicyclic) bond motifs is 4. The van der Waals surface area contributed by atoms with Crippen molar-refractivity contribution in [1.29, 1.82) is 0 Å². The Bertz CT molecular complexity index is 1330. The molecular weight excluding hydrogens is 468 g/mol. The maximum absolute atomic E-state index is 13.5. The van der Waals surface area contributed by atoms with Gasteiger partial charge in [-0.2, -0.15) is 0 Å². The summed E-state index contributed by atoms with van der Waals surface area (Å²) in [5.41, 5.74) is 0.0911. The number of para-hydroxylation sites is 1. The first-order chi connectivity index (χ1) is 17.5. The summed E-state index contributed by atoms with van der Waals surface area (Å²) in [6, 6.07) is 7.99. The Labute approximate surface area is 206 Å². The first-order valence-corrected chi connectivity index (χ1v) is 12.2. The molecule has 1 saturated carbocycles. The zero-order chi connectivity index (χ0) is 25.0. The summed E-state index contributed by atoms with van der Waals surface area (Å²) in [5.74, 6) is -0.359. The molecule has 2 N–H and O–H groups in total. The van der Waals surface area contributed by atoms with Crippen LogP contribution in [0, 0.1) is 5.92 Å². The molecule has 4 heterocycles. The quantitative estimate of drug-likeness (QED) is 0.330. The highest BCUT2D eigenvalue weighted by Gasteiger charge is 2.61. The Hall–Kier alpha value is -3.25. The molecule has 8 atom stereocenters. The smallest absolute Gasteiger partial charge is 0.352 e. The lowest BCUT2D eigenvalue weighted by Crippen LogP contribution is -2.53. The van der Waals surface area contributed by atoms with Crippen molar-refractivity contribution in [3.8, 4) is 5.69 Å². The van der Waals surface area contributed by atoms with E-state index in [2.05, 4.69) is 11.7 Å². The predicted octanol–water partition coefficient (Wildman–Crippen LogP) is 0.137. The third kappa shape index (κ3) is 3.62. The minimum atomic E-state index is -0.975. The number of nitrogens with zero attached hydrogens (tertiary/aromatic N) is 4. The van der Waals surface area contributed by atoms with Gasteiger partial charge >= 0.3 is 11.4 Å². The number of hydrogen-bond acceptors (Lipinski definition) is 8. The third-order valence-electron chi connectivity index (χ3n) is 7.39. The molecule has 1 aliphatic carbocycles. The van der Waals surface area contributed by atoms with Gasteiger partial charge in [-0.15, -0.1) is 6.58 Å². The summed E-state index contributed by atoms with van der Waals surface area (Å²) in [6.07, 6.45) is 3.21. The SMILES string of the molecule is C=CC[C@@H]1C=C[C@H](O/N=C2\[C@H]3CCn4c(=O)n(-c5ccccc5)c(=O)n4[C@H]3[C@H](O)[C@@H]3O[C@H]23)[C@@H](CO)O1. The van der Waals surface area contributed by atoms with Crippen LogP contribution < -0.4 is 11.4 Å². The van der Waals surface area contributed by atoms with Crippen LogP contribution >= 0.6 is 0 Å². The second-order valence-corrected chi connectivity index (χ2v) is 9.49. The second-order valence-electron chi connectivity index (χ2n) is 9.49. The molecule has 190 valence electrons. The number of benzene rings is 1. The summed E-state index contributed by atoms with van der Waals surface area (Å²) >= 11 is 0. The van der Waals surface area contributed by atoms with Crippen molar-refractivity contribution in [2.24, 2.45) is 11.1 Å². The molecule has 1 saturated heterocycles. The van der Waals surface area contributed by atoms with Gasteiger partial charge in [0.2, 0.25) is 0 Å². The largest absolute Gasteiger partial charge is 0.394 e. The van der Waals surface area contributed by atoms with Gasteiger partial charge in [0.1, 0.15) is 24.4 Å². The van der Waals surface area contributed by atoms with E-state index in [1.54, 1.807) is 30.3 Å². The van der Waals surface area contributed by atoms with Crippen molar-refractivity contribution < 1.29 is 24.5 Å². The lowest BCUT2D eigenvalue weighted by molar-refractivity contribution is -0.101. The van der Waals surface area contributed by atoms with Gasteiger partial charge in [0.25, 0.3) is 0 Å². The number of oxime groups is 1. The number of rotatable bonds is 6. The zero-order valence-electron chi connectivity index (χ0n) is 19.5. The number of aliphatic hydroxyl groups excluding tert-OH is 2. The molecule has 1 aromatic carbocycles. The van der Waals surface area contributed by atoms with E-state index in [4.69, 9.17) is 14.3 Å². The van der Waals surface area contributed by atoms with Crippen LogP contribution in [-0.4, -0.2) is 73.1 Å². The molecule has 2 aromatic rings. The van der Waals surface area contributed by atoms with E-state index in [1.807, 2.05) is 18.2 Å². The maximum atomic E-state index is 13.5. The average Bonchev–Trinajstić information content (AvgIpc) is 3.66. The second kappa shape index (κ2) is 9.00. The third-order valence-corrected chi connectivity index (χ3v) is 7.39. The monoisotopic (exact) mass is 496 g/mol. The highest BCUT2D eigenvalue weighted by Crippen LogP contribution is 2.46. The highest BCUT2D eigenvalue weighted by molar-refractivity contribution is 5.94. The van der Waals surface area contributed by atoms with Gasteiger partial charge in [0, 0.05) is 12.5 Å². The Balaban J connectivity index is 1.33. The van der Waals surface area contributed by atoms with Crippen molar-refractivity contribution in [1.82, 2.24) is 13.9 Å². The van der Waals surface area contributed by atoms with Gasteiger partial charge in [0.15, 0.2) is 6.10 Å². The zero-order valence-corrected chi connectivity index (χ0v) is 19.5. The molecule has 2 fully saturated rings. The molecule has 6 rings (SSSR count). The Kier molecular flexibility index (Phi) is 5.79. The van der Waals surface area contributed by atoms with E-state index in [1.165, 1.54) is 9.36 Å². The van der Waals surface area contributed by atoms with Gasteiger partial charge in [-0.25, -0.2) is 23.5 Å². The number of epoxide rings is 1. The molecule has 4 aliphatic rings. The molecule has 3 aliphatic heterocycles. The fourth-order valence-corrected chi connectivity index (χ4v) is 5.61. The predicted molar refractivity (Wildman–Crippen MR) is 128 cm³/mol. The molecule has 0 bridgehead atoms. The van der Waals surface area contributed by atoms with Gasteiger partial charge < -0.3 is 24.5 Å². The van der Waals surface area contributed by atoms with Crippen LogP contribution in [0.3, 0.4) is 0 Å². The highest BCUT2D eigenvalue weighted by atomic mass is 16.7. The molecule has 1 aromatic heterocycles. The van der Waals surface area contributed by atoms with E-state index in [9.17, 15) is 19.8 Å². The summed E-state index contributed by atoms with van der Waals surface area (Å²) in [5, 5.41) is 25.3. The van der Waals surface area contributed by atoms with E-state index >= 15 is 0 Å². The van der Waals surface area contributed by atoms with Crippen molar-refractivity contribution in [2.45, 2.75) is 62.1 Å². The standard InChI is InChI=1S/C25H28N4O7/c1-2-6-15-9-10-17(18(13-30)34-15)36-26-19-16-11-12-27-24(32)28(14-7-4-3-5-8-14)25(33)29(27)20(16)21(31)23-22(19)35-23/h2-5,7-10,15-18,20-23,30-31H,1,6,11-13H2/b26-19+/t15-,16-,17+,18-,20-,21+,22-,23+/m1/s1. The molecule has 0 amide bonds.